The van der Waals surface area contributed by atoms with E-state index >= 15 is 0 Å². The number of carbonyl (C=O) groups excluding carboxylic acids is 1. The van der Waals surface area contributed by atoms with Crippen LogP contribution in [0.3, 0.4) is 0 Å². The Hall–Kier alpha value is -3.14. The van der Waals surface area contributed by atoms with Gasteiger partial charge in [-0.15, -0.1) is 0 Å². The molecular weight excluding hydrogens is 370 g/mol. The summed E-state index contributed by atoms with van der Waals surface area (Å²) in [5.41, 5.74) is 7.85. The lowest BCUT2D eigenvalue weighted by Crippen LogP contribution is -2.26. The molecule has 1 aliphatic rings. The maximum absolute atomic E-state index is 12.7. The van der Waals surface area contributed by atoms with E-state index in [1.54, 1.807) is 12.5 Å². The molecule has 0 unspecified atom stereocenters. The molecule has 0 bridgehead atoms. The van der Waals surface area contributed by atoms with Crippen LogP contribution in [0.15, 0.2) is 66.6 Å². The Kier molecular flexibility index (Phi) is 6.12. The van der Waals surface area contributed by atoms with Crippen molar-refractivity contribution in [3.63, 3.8) is 0 Å². The number of rotatable bonds is 6. The predicted octanol–water partition coefficient (Wildman–Crippen LogP) is 5.78. The average Bonchev–Trinajstić information content (AvgIpc) is 3.24. The van der Waals surface area contributed by atoms with E-state index in [4.69, 9.17) is 0 Å². The van der Waals surface area contributed by atoms with Gasteiger partial charge in [-0.2, -0.15) is 0 Å². The quantitative estimate of drug-likeness (QED) is 0.534. The summed E-state index contributed by atoms with van der Waals surface area (Å²) in [7, 11) is 0. The Labute approximate surface area is 178 Å². The summed E-state index contributed by atoms with van der Waals surface area (Å²) in [6.45, 7) is 4.90. The van der Waals surface area contributed by atoms with Crippen molar-refractivity contribution < 1.29 is 4.79 Å². The molecule has 154 valence electrons. The second-order valence-electron chi connectivity index (χ2n) is 8.19. The molecule has 0 atom stereocenters. The maximum Gasteiger partial charge on any atom is 0.269 e. The van der Waals surface area contributed by atoms with Crippen LogP contribution in [0, 0.1) is 13.8 Å². The van der Waals surface area contributed by atoms with Gasteiger partial charge in [0.2, 0.25) is 0 Å². The molecule has 4 heteroatoms. The van der Waals surface area contributed by atoms with Gasteiger partial charge < -0.3 is 5.32 Å². The van der Waals surface area contributed by atoms with Crippen molar-refractivity contribution in [1.29, 1.82) is 0 Å². The molecule has 30 heavy (non-hydrogen) atoms. The number of carbonyl (C=O) groups is 1. The Morgan fingerprint density at radius 2 is 1.80 bits per heavy atom. The highest BCUT2D eigenvalue weighted by molar-refractivity contribution is 5.93. The number of allylic oxidation sites excluding steroid dienone is 1. The Morgan fingerprint density at radius 1 is 1.03 bits per heavy atom. The Morgan fingerprint density at radius 3 is 2.50 bits per heavy atom. The first-order valence-electron chi connectivity index (χ1n) is 10.8. The van der Waals surface area contributed by atoms with E-state index in [2.05, 4.69) is 60.6 Å². The van der Waals surface area contributed by atoms with Crippen LogP contribution in [-0.4, -0.2) is 22.0 Å². The topological polar surface area (TPSA) is 46.9 Å². The number of imidazole rings is 1. The van der Waals surface area contributed by atoms with Crippen LogP contribution >= 0.6 is 0 Å². The number of nitrogens with zero attached hydrogens (tertiary/aromatic N) is 2. The summed E-state index contributed by atoms with van der Waals surface area (Å²) in [6.07, 6.45) is 11.5. The maximum atomic E-state index is 12.7. The number of hydrogen-bond acceptors (Lipinski definition) is 2. The molecular formula is C26H29N3O. The van der Waals surface area contributed by atoms with E-state index in [0.717, 1.165) is 17.7 Å². The van der Waals surface area contributed by atoms with Crippen molar-refractivity contribution in [3.05, 3.63) is 83.5 Å². The highest BCUT2D eigenvalue weighted by atomic mass is 16.1. The summed E-state index contributed by atoms with van der Waals surface area (Å²) in [5, 5.41) is 3.05. The smallest absolute Gasteiger partial charge is 0.269 e. The van der Waals surface area contributed by atoms with E-state index in [1.165, 1.54) is 47.9 Å². The van der Waals surface area contributed by atoms with Crippen LogP contribution in [0.2, 0.25) is 0 Å². The van der Waals surface area contributed by atoms with Gasteiger partial charge in [0.05, 0.1) is 12.5 Å². The van der Waals surface area contributed by atoms with Gasteiger partial charge >= 0.3 is 0 Å². The van der Waals surface area contributed by atoms with Crippen LogP contribution in [-0.2, 0) is 0 Å². The van der Waals surface area contributed by atoms with E-state index in [0.29, 0.717) is 12.2 Å². The van der Waals surface area contributed by atoms with Gasteiger partial charge in [0.1, 0.15) is 5.69 Å². The number of aromatic nitrogens is 2. The molecule has 0 saturated carbocycles. The second-order valence-corrected chi connectivity index (χ2v) is 8.19. The van der Waals surface area contributed by atoms with Crippen LogP contribution in [0.4, 0.5) is 0 Å². The van der Waals surface area contributed by atoms with Crippen molar-refractivity contribution in [1.82, 2.24) is 14.9 Å². The van der Waals surface area contributed by atoms with Crippen molar-refractivity contribution in [2.24, 2.45) is 0 Å². The van der Waals surface area contributed by atoms with Gasteiger partial charge in [-0.3, -0.25) is 9.36 Å². The van der Waals surface area contributed by atoms with Gasteiger partial charge in [-0.25, -0.2) is 4.98 Å². The zero-order chi connectivity index (χ0) is 20.9. The third-order valence-corrected chi connectivity index (χ3v) is 5.69. The Bertz CT molecular complexity index is 1040. The van der Waals surface area contributed by atoms with Crippen LogP contribution < -0.4 is 5.32 Å². The zero-order valence-electron chi connectivity index (χ0n) is 17.8. The number of nitrogens with one attached hydrogen (secondary N) is 1. The summed E-state index contributed by atoms with van der Waals surface area (Å²) in [6, 6.07) is 14.8. The van der Waals surface area contributed by atoms with Crippen LogP contribution in [0.1, 0.15) is 53.7 Å². The average molecular weight is 400 g/mol. The molecule has 4 nitrogen and oxygen atoms in total. The zero-order valence-corrected chi connectivity index (χ0v) is 17.8. The minimum absolute atomic E-state index is 0.0812. The van der Waals surface area contributed by atoms with Gasteiger partial charge in [0.25, 0.3) is 5.91 Å². The number of aryl methyl sites for hydroxylation is 2. The molecule has 0 saturated heterocycles. The lowest BCUT2D eigenvalue weighted by molar-refractivity contribution is 0.0947. The standard InChI is InChI=1S/C26H29N3O/c1-19-14-20(2)16-23(15-19)22-8-10-24(11-9-22)29-18-27-17-25(29)26(30)28-13-12-21-6-4-3-5-7-21/h6,8-11,14-18H,3-5,7,12-13H2,1-2H3,(H,28,30). The van der Waals surface area contributed by atoms with Gasteiger partial charge in [-0.05, 0) is 69.2 Å². The summed E-state index contributed by atoms with van der Waals surface area (Å²) >= 11 is 0. The molecule has 0 spiro atoms. The van der Waals surface area contributed by atoms with Gasteiger partial charge in [-0.1, -0.05) is 53.1 Å². The third kappa shape index (κ3) is 4.70. The van der Waals surface area contributed by atoms with Crippen molar-refractivity contribution in [2.75, 3.05) is 6.54 Å². The van der Waals surface area contributed by atoms with E-state index in [-0.39, 0.29) is 5.91 Å². The second kappa shape index (κ2) is 9.12. The van der Waals surface area contributed by atoms with Crippen molar-refractivity contribution >= 4 is 5.91 Å². The minimum atomic E-state index is -0.0812. The summed E-state index contributed by atoms with van der Waals surface area (Å²) in [5.74, 6) is -0.0812. The lowest BCUT2D eigenvalue weighted by atomic mass is 9.97. The van der Waals surface area contributed by atoms with Gasteiger partial charge in [0.15, 0.2) is 0 Å². The van der Waals surface area contributed by atoms with E-state index < -0.39 is 0 Å². The monoisotopic (exact) mass is 399 g/mol. The van der Waals surface area contributed by atoms with Crippen molar-refractivity contribution in [2.45, 2.75) is 46.0 Å². The normalized spacial score (nSPS) is 13.7. The lowest BCUT2D eigenvalue weighted by Gasteiger charge is -2.13. The molecule has 0 fully saturated rings. The first kappa shape index (κ1) is 20.1. The van der Waals surface area contributed by atoms with Gasteiger partial charge in [0, 0.05) is 12.2 Å². The molecule has 0 aliphatic heterocycles. The molecule has 1 heterocycles. The summed E-state index contributed by atoms with van der Waals surface area (Å²) in [4.78, 5) is 16.9. The largest absolute Gasteiger partial charge is 0.350 e. The molecule has 0 radical (unpaired) electrons. The first-order valence-corrected chi connectivity index (χ1v) is 10.8. The minimum Gasteiger partial charge on any atom is -0.350 e. The fourth-order valence-corrected chi connectivity index (χ4v) is 4.18. The van der Waals surface area contributed by atoms with Crippen LogP contribution in [0.5, 0.6) is 0 Å². The highest BCUT2D eigenvalue weighted by Gasteiger charge is 2.13. The first-order chi connectivity index (χ1) is 14.6. The van der Waals surface area contributed by atoms with Crippen molar-refractivity contribution in [3.8, 4) is 16.8 Å². The predicted molar refractivity (Wildman–Crippen MR) is 122 cm³/mol. The fourth-order valence-electron chi connectivity index (χ4n) is 4.18. The number of benzene rings is 2. The highest BCUT2D eigenvalue weighted by Crippen LogP contribution is 2.24. The molecule has 3 aromatic rings. The molecule has 1 amide bonds. The Balaban J connectivity index is 1.45. The van der Waals surface area contributed by atoms with E-state index in [9.17, 15) is 4.79 Å². The molecule has 1 aromatic heterocycles. The molecule has 1 aliphatic carbocycles. The summed E-state index contributed by atoms with van der Waals surface area (Å²) < 4.78 is 1.85. The number of amides is 1. The number of hydrogen-bond donors (Lipinski definition) is 1. The third-order valence-electron chi connectivity index (χ3n) is 5.69. The molecule has 1 N–H and O–H groups in total. The molecule has 2 aromatic carbocycles. The molecule has 4 rings (SSSR count). The SMILES string of the molecule is Cc1cc(C)cc(-c2ccc(-n3cncc3C(=O)NCCC3=CCCCC3)cc2)c1. The van der Waals surface area contributed by atoms with E-state index in [1.807, 2.05) is 16.7 Å². The van der Waals surface area contributed by atoms with Crippen LogP contribution in [0.25, 0.3) is 16.8 Å². The fraction of sp³-hybridized carbons (Fsp3) is 0.308.